The molecule has 0 bridgehead atoms. The molecule has 0 heterocycles. The van der Waals surface area contributed by atoms with Gasteiger partial charge >= 0.3 is 0 Å². The van der Waals surface area contributed by atoms with E-state index in [-0.39, 0.29) is 30.2 Å². The zero-order valence-corrected chi connectivity index (χ0v) is 15.0. The van der Waals surface area contributed by atoms with Crippen LogP contribution in [0.2, 0.25) is 0 Å². The second-order valence-electron chi connectivity index (χ2n) is 5.98. The van der Waals surface area contributed by atoms with E-state index < -0.39 is 5.25 Å². The lowest BCUT2D eigenvalue weighted by Gasteiger charge is -2.31. The minimum atomic E-state index is -0.596. The highest BCUT2D eigenvalue weighted by atomic mass is 32.2. The first kappa shape index (κ1) is 20.9. The van der Waals surface area contributed by atoms with E-state index in [4.69, 9.17) is 5.14 Å². The van der Waals surface area contributed by atoms with Crippen molar-refractivity contribution in [1.82, 2.24) is 10.2 Å². The van der Waals surface area contributed by atoms with Gasteiger partial charge < -0.3 is 15.0 Å². The van der Waals surface area contributed by atoms with Gasteiger partial charge in [-0.05, 0) is 19.3 Å². The van der Waals surface area contributed by atoms with Crippen molar-refractivity contribution in [2.45, 2.75) is 51.8 Å². The number of hydrogen-bond donors (Lipinski definition) is 2. The van der Waals surface area contributed by atoms with E-state index in [2.05, 4.69) is 19.2 Å². The van der Waals surface area contributed by atoms with Crippen LogP contribution >= 0.6 is 11.9 Å². The van der Waals surface area contributed by atoms with E-state index in [1.54, 1.807) is 14.0 Å². The molecule has 0 saturated heterocycles. The van der Waals surface area contributed by atoms with Crippen molar-refractivity contribution in [2.24, 2.45) is 17.0 Å². The Hall–Kier alpha value is -1.08. The highest BCUT2D eigenvalue weighted by molar-refractivity contribution is 7.98. The number of carbonyl (C=O) groups excluding carboxylic acids is 3. The van der Waals surface area contributed by atoms with Gasteiger partial charge in [-0.25, -0.2) is 0 Å². The van der Waals surface area contributed by atoms with Crippen LogP contribution in [-0.2, 0) is 14.4 Å². The molecule has 0 aromatic heterocycles. The quantitative estimate of drug-likeness (QED) is 0.463. The van der Waals surface area contributed by atoms with Crippen LogP contribution < -0.4 is 10.5 Å². The molecule has 0 fully saturated rings. The Kier molecular flexibility index (Phi) is 10.1. The van der Waals surface area contributed by atoms with E-state index in [1.807, 2.05) is 6.92 Å². The summed E-state index contributed by atoms with van der Waals surface area (Å²) in [5.41, 5.74) is 0. The molecule has 3 unspecified atom stereocenters. The van der Waals surface area contributed by atoms with Crippen molar-refractivity contribution >= 4 is 30.0 Å². The molecule has 0 aromatic rings. The standard InChI is InChI=1S/C15H29N3O3S/c1-10(2)6-8-17-14(20)11(3)12(4)18(5)15(21)13(22-16)7-9-19/h9-13H,6-8,16H2,1-5H3,(H,17,20). The number of nitrogens with zero attached hydrogens (tertiary/aromatic N) is 1. The average molecular weight is 331 g/mol. The molecule has 0 aliphatic carbocycles. The lowest BCUT2D eigenvalue weighted by molar-refractivity contribution is -0.135. The monoisotopic (exact) mass is 331 g/mol. The fraction of sp³-hybridized carbons (Fsp3) is 0.800. The molecule has 0 radical (unpaired) electrons. The van der Waals surface area contributed by atoms with Crippen LogP contribution in [0.25, 0.3) is 0 Å². The van der Waals surface area contributed by atoms with Crippen molar-refractivity contribution in [2.75, 3.05) is 13.6 Å². The average Bonchev–Trinajstić information content (AvgIpc) is 2.49. The van der Waals surface area contributed by atoms with Crippen molar-refractivity contribution in [3.63, 3.8) is 0 Å². The van der Waals surface area contributed by atoms with Gasteiger partial charge in [-0.15, -0.1) is 0 Å². The number of nitrogens with one attached hydrogen (secondary N) is 1. The van der Waals surface area contributed by atoms with Gasteiger partial charge in [-0.1, -0.05) is 32.7 Å². The minimum Gasteiger partial charge on any atom is -0.356 e. The number of nitrogens with two attached hydrogens (primary N) is 1. The molecular weight excluding hydrogens is 302 g/mol. The minimum absolute atomic E-state index is 0.0693. The van der Waals surface area contributed by atoms with E-state index in [1.165, 1.54) is 4.90 Å². The fourth-order valence-electron chi connectivity index (χ4n) is 1.93. The molecule has 22 heavy (non-hydrogen) atoms. The summed E-state index contributed by atoms with van der Waals surface area (Å²) in [7, 11) is 1.64. The second kappa shape index (κ2) is 10.6. The van der Waals surface area contributed by atoms with Crippen LogP contribution in [-0.4, -0.2) is 47.9 Å². The van der Waals surface area contributed by atoms with E-state index in [9.17, 15) is 14.4 Å². The first-order chi connectivity index (χ1) is 10.3. The first-order valence-electron chi connectivity index (χ1n) is 7.59. The molecule has 0 aliphatic rings. The molecule has 0 aliphatic heterocycles. The lowest BCUT2D eigenvalue weighted by atomic mass is 10.0. The Bertz CT molecular complexity index is 377. The Morgan fingerprint density at radius 2 is 1.86 bits per heavy atom. The molecule has 6 nitrogen and oxygen atoms in total. The van der Waals surface area contributed by atoms with Gasteiger partial charge in [-0.3, -0.25) is 14.7 Å². The third kappa shape index (κ3) is 6.79. The molecular formula is C15H29N3O3S. The first-order valence-corrected chi connectivity index (χ1v) is 8.54. The molecule has 128 valence electrons. The van der Waals surface area contributed by atoms with Gasteiger partial charge in [0.1, 0.15) is 11.5 Å². The van der Waals surface area contributed by atoms with Crippen molar-refractivity contribution in [3.8, 4) is 0 Å². The second-order valence-corrected chi connectivity index (χ2v) is 6.82. The predicted octanol–water partition coefficient (Wildman–Crippen LogP) is 1.20. The Morgan fingerprint density at radius 3 is 2.32 bits per heavy atom. The van der Waals surface area contributed by atoms with E-state index in [0.29, 0.717) is 18.7 Å². The lowest BCUT2D eigenvalue weighted by Crippen LogP contribution is -2.48. The Morgan fingerprint density at radius 1 is 1.27 bits per heavy atom. The number of hydrogen-bond acceptors (Lipinski definition) is 5. The molecule has 2 amide bonds. The Balaban J connectivity index is 4.58. The molecule has 3 atom stereocenters. The van der Waals surface area contributed by atoms with E-state index in [0.717, 1.165) is 18.4 Å². The number of carbonyl (C=O) groups is 3. The molecule has 7 heteroatoms. The van der Waals surface area contributed by atoms with Crippen molar-refractivity contribution in [3.05, 3.63) is 0 Å². The van der Waals surface area contributed by atoms with Crippen LogP contribution in [0, 0.1) is 11.8 Å². The molecule has 0 rings (SSSR count). The number of aldehydes is 1. The van der Waals surface area contributed by atoms with Crippen LogP contribution in [0.3, 0.4) is 0 Å². The van der Waals surface area contributed by atoms with Crippen LogP contribution in [0.5, 0.6) is 0 Å². The van der Waals surface area contributed by atoms with Gasteiger partial charge in [0.2, 0.25) is 11.8 Å². The van der Waals surface area contributed by atoms with E-state index >= 15 is 0 Å². The van der Waals surface area contributed by atoms with Gasteiger partial charge in [0.25, 0.3) is 0 Å². The summed E-state index contributed by atoms with van der Waals surface area (Å²) in [5.74, 6) is -0.0993. The SMILES string of the molecule is CC(C)CCNC(=O)C(C)C(C)N(C)C(=O)C(CC=O)SN. The number of rotatable bonds is 10. The van der Waals surface area contributed by atoms with Gasteiger partial charge in [0.05, 0.1) is 5.92 Å². The summed E-state index contributed by atoms with van der Waals surface area (Å²) >= 11 is 0.863. The van der Waals surface area contributed by atoms with Crippen LogP contribution in [0.4, 0.5) is 0 Å². The van der Waals surface area contributed by atoms with Gasteiger partial charge in [0, 0.05) is 26.1 Å². The fourth-order valence-corrected chi connectivity index (χ4v) is 2.40. The largest absolute Gasteiger partial charge is 0.356 e. The Labute approximate surface area is 137 Å². The molecule has 0 spiro atoms. The third-order valence-electron chi connectivity index (χ3n) is 3.87. The van der Waals surface area contributed by atoms with Crippen LogP contribution in [0.15, 0.2) is 0 Å². The van der Waals surface area contributed by atoms with Crippen molar-refractivity contribution < 1.29 is 14.4 Å². The molecule has 0 aromatic carbocycles. The maximum absolute atomic E-state index is 12.3. The highest BCUT2D eigenvalue weighted by Crippen LogP contribution is 2.16. The summed E-state index contributed by atoms with van der Waals surface area (Å²) in [6, 6.07) is -0.271. The summed E-state index contributed by atoms with van der Waals surface area (Å²) in [4.78, 5) is 36.5. The third-order valence-corrected chi connectivity index (χ3v) is 4.59. The predicted molar refractivity (Wildman–Crippen MR) is 90.1 cm³/mol. The molecule has 0 saturated carbocycles. The summed E-state index contributed by atoms with van der Waals surface area (Å²) in [6.07, 6.45) is 1.68. The normalized spacial score (nSPS) is 15.0. The molecule has 3 N–H and O–H groups in total. The van der Waals surface area contributed by atoms with Crippen LogP contribution in [0.1, 0.15) is 40.5 Å². The van der Waals surface area contributed by atoms with Gasteiger partial charge in [-0.2, -0.15) is 0 Å². The zero-order chi connectivity index (χ0) is 17.3. The maximum Gasteiger partial charge on any atom is 0.237 e. The zero-order valence-electron chi connectivity index (χ0n) is 14.2. The maximum atomic E-state index is 12.3. The smallest absolute Gasteiger partial charge is 0.237 e. The highest BCUT2D eigenvalue weighted by Gasteiger charge is 2.30. The summed E-state index contributed by atoms with van der Waals surface area (Å²) in [5, 5.41) is 7.76. The topological polar surface area (TPSA) is 92.5 Å². The summed E-state index contributed by atoms with van der Waals surface area (Å²) < 4.78 is 0. The number of amides is 2. The van der Waals surface area contributed by atoms with Gasteiger partial charge in [0.15, 0.2) is 0 Å². The van der Waals surface area contributed by atoms with Crippen molar-refractivity contribution in [1.29, 1.82) is 0 Å². The summed E-state index contributed by atoms with van der Waals surface area (Å²) in [6.45, 7) is 8.45.